The third-order valence-electron chi connectivity index (χ3n) is 6.14. The van der Waals surface area contributed by atoms with E-state index in [0.717, 1.165) is 39.2 Å². The second-order valence-corrected chi connectivity index (χ2v) is 8.83. The van der Waals surface area contributed by atoms with Gasteiger partial charge in [-0.3, -0.25) is 0 Å². The highest BCUT2D eigenvalue weighted by atomic mass is 35.5. The standard InChI is InChI=1S/C27H21ClN4O2/c1-16-11-24(33)19(13-21(16)28)22-14-23(30-29-22)20-15-32(18-8-3-2-4-9-18)31-27(20)26-12-17-7-5-6-10-25(17)34-26/h2-13,15,23,30,33H,14H2,1H3. The van der Waals surface area contributed by atoms with Crippen LogP contribution in [0.3, 0.4) is 0 Å². The summed E-state index contributed by atoms with van der Waals surface area (Å²) >= 11 is 6.32. The topological polar surface area (TPSA) is 75.6 Å². The minimum Gasteiger partial charge on any atom is -0.507 e. The number of nitrogens with one attached hydrogen (secondary N) is 1. The van der Waals surface area contributed by atoms with Gasteiger partial charge in [0.2, 0.25) is 0 Å². The fourth-order valence-electron chi connectivity index (χ4n) is 4.33. The van der Waals surface area contributed by atoms with Gasteiger partial charge in [-0.15, -0.1) is 0 Å². The Morgan fingerprint density at radius 1 is 1.06 bits per heavy atom. The molecule has 1 unspecified atom stereocenters. The van der Waals surface area contributed by atoms with E-state index < -0.39 is 0 Å². The Morgan fingerprint density at radius 2 is 1.85 bits per heavy atom. The lowest BCUT2D eigenvalue weighted by atomic mass is 9.97. The van der Waals surface area contributed by atoms with E-state index in [-0.39, 0.29) is 11.8 Å². The van der Waals surface area contributed by atoms with Crippen LogP contribution >= 0.6 is 11.6 Å². The van der Waals surface area contributed by atoms with Gasteiger partial charge in [0, 0.05) is 34.2 Å². The van der Waals surface area contributed by atoms with Crippen LogP contribution in [0.1, 0.15) is 29.2 Å². The molecule has 7 heteroatoms. The van der Waals surface area contributed by atoms with Crippen LogP contribution < -0.4 is 5.43 Å². The van der Waals surface area contributed by atoms with Gasteiger partial charge in [0.1, 0.15) is 17.0 Å². The van der Waals surface area contributed by atoms with Crippen LogP contribution in [0.2, 0.25) is 5.02 Å². The number of hydrogen-bond donors (Lipinski definition) is 2. The number of nitrogens with zero attached hydrogens (tertiary/aromatic N) is 3. The highest BCUT2D eigenvalue weighted by molar-refractivity contribution is 6.32. The molecule has 0 saturated carbocycles. The normalized spacial score (nSPS) is 15.5. The Labute approximate surface area is 201 Å². The predicted molar refractivity (Wildman–Crippen MR) is 134 cm³/mol. The Morgan fingerprint density at radius 3 is 2.68 bits per heavy atom. The number of para-hydroxylation sites is 2. The lowest BCUT2D eigenvalue weighted by molar-refractivity contribution is 0.473. The molecule has 0 fully saturated rings. The molecule has 0 radical (unpaired) electrons. The first-order valence-corrected chi connectivity index (χ1v) is 11.4. The van der Waals surface area contributed by atoms with Crippen molar-refractivity contribution in [3.8, 4) is 22.9 Å². The summed E-state index contributed by atoms with van der Waals surface area (Å²) in [7, 11) is 0. The van der Waals surface area contributed by atoms with Crippen LogP contribution in [0.15, 0.2) is 88.5 Å². The Hall–Kier alpha value is -4.03. The molecule has 34 heavy (non-hydrogen) atoms. The largest absolute Gasteiger partial charge is 0.507 e. The molecule has 2 aromatic heterocycles. The van der Waals surface area contributed by atoms with Crippen molar-refractivity contribution in [3.05, 3.63) is 101 Å². The summed E-state index contributed by atoms with van der Waals surface area (Å²) in [5.41, 5.74) is 8.90. The Bertz CT molecular complexity index is 1520. The van der Waals surface area contributed by atoms with E-state index >= 15 is 0 Å². The average Bonchev–Trinajstić information content (AvgIpc) is 3.59. The molecule has 0 amide bonds. The minimum atomic E-state index is -0.143. The maximum absolute atomic E-state index is 10.5. The zero-order valence-electron chi connectivity index (χ0n) is 18.4. The zero-order valence-corrected chi connectivity index (χ0v) is 19.1. The van der Waals surface area contributed by atoms with Gasteiger partial charge in [0.25, 0.3) is 0 Å². The number of hydrazone groups is 1. The number of aryl methyl sites for hydroxylation is 1. The molecular formula is C27H21ClN4O2. The molecule has 1 aliphatic heterocycles. The summed E-state index contributed by atoms with van der Waals surface area (Å²) < 4.78 is 8.02. The van der Waals surface area contributed by atoms with Gasteiger partial charge in [-0.25, -0.2) is 4.68 Å². The zero-order chi connectivity index (χ0) is 23.2. The summed E-state index contributed by atoms with van der Waals surface area (Å²) in [5, 5.41) is 21.5. The third kappa shape index (κ3) is 3.53. The van der Waals surface area contributed by atoms with Crippen LogP contribution in [0.4, 0.5) is 0 Å². The number of fused-ring (bicyclic) bond motifs is 1. The van der Waals surface area contributed by atoms with E-state index in [2.05, 4.69) is 10.5 Å². The lowest BCUT2D eigenvalue weighted by Gasteiger charge is -2.10. The SMILES string of the molecule is Cc1cc(O)c(C2=NNC(c3cn(-c4ccccc4)nc3-c3cc4ccccc4o3)C2)cc1Cl. The summed E-state index contributed by atoms with van der Waals surface area (Å²) in [6.45, 7) is 1.86. The molecule has 5 aromatic rings. The van der Waals surface area contributed by atoms with E-state index in [0.29, 0.717) is 22.8 Å². The first-order valence-electron chi connectivity index (χ1n) is 11.0. The van der Waals surface area contributed by atoms with Crippen LogP contribution in [-0.4, -0.2) is 20.6 Å². The third-order valence-corrected chi connectivity index (χ3v) is 6.55. The van der Waals surface area contributed by atoms with Crippen molar-refractivity contribution in [2.45, 2.75) is 19.4 Å². The van der Waals surface area contributed by atoms with Crippen molar-refractivity contribution >= 4 is 28.3 Å². The lowest BCUT2D eigenvalue weighted by Crippen LogP contribution is -2.10. The van der Waals surface area contributed by atoms with E-state index in [9.17, 15) is 5.11 Å². The van der Waals surface area contributed by atoms with E-state index in [1.54, 1.807) is 12.1 Å². The fourth-order valence-corrected chi connectivity index (χ4v) is 4.50. The molecule has 1 aliphatic rings. The minimum absolute atomic E-state index is 0.143. The molecule has 0 spiro atoms. The number of rotatable bonds is 4. The fraction of sp³-hybridized carbons (Fsp3) is 0.111. The first kappa shape index (κ1) is 20.6. The number of phenolic OH excluding ortho intramolecular Hbond substituents is 1. The van der Waals surface area contributed by atoms with Gasteiger partial charge >= 0.3 is 0 Å². The van der Waals surface area contributed by atoms with Gasteiger partial charge < -0.3 is 14.9 Å². The van der Waals surface area contributed by atoms with Crippen LogP contribution in [0, 0.1) is 6.92 Å². The molecule has 0 aliphatic carbocycles. The summed E-state index contributed by atoms with van der Waals surface area (Å²) in [4.78, 5) is 0. The molecule has 3 heterocycles. The number of aromatic hydroxyl groups is 1. The van der Waals surface area contributed by atoms with Gasteiger partial charge in [-0.05, 0) is 48.9 Å². The van der Waals surface area contributed by atoms with Crippen molar-refractivity contribution in [1.82, 2.24) is 15.2 Å². The van der Waals surface area contributed by atoms with E-state index in [1.807, 2.05) is 78.5 Å². The first-order chi connectivity index (χ1) is 16.6. The van der Waals surface area contributed by atoms with Crippen molar-refractivity contribution in [2.75, 3.05) is 0 Å². The van der Waals surface area contributed by atoms with Crippen LogP contribution in [-0.2, 0) is 0 Å². The van der Waals surface area contributed by atoms with Gasteiger partial charge in [-0.1, -0.05) is 48.0 Å². The average molecular weight is 469 g/mol. The second kappa shape index (κ2) is 8.08. The molecule has 2 N–H and O–H groups in total. The van der Waals surface area contributed by atoms with Gasteiger partial charge in [-0.2, -0.15) is 10.2 Å². The summed E-state index contributed by atoms with van der Waals surface area (Å²) in [5.74, 6) is 0.864. The number of furan rings is 1. The quantitative estimate of drug-likeness (QED) is 0.320. The smallest absolute Gasteiger partial charge is 0.156 e. The van der Waals surface area contributed by atoms with E-state index in [1.165, 1.54) is 0 Å². The molecule has 0 saturated heterocycles. The highest BCUT2D eigenvalue weighted by Crippen LogP contribution is 2.37. The summed E-state index contributed by atoms with van der Waals surface area (Å²) in [6.07, 6.45) is 2.58. The van der Waals surface area contributed by atoms with Crippen LogP contribution in [0.25, 0.3) is 28.1 Å². The monoisotopic (exact) mass is 468 g/mol. The molecule has 6 rings (SSSR count). The molecule has 3 aromatic carbocycles. The highest BCUT2D eigenvalue weighted by Gasteiger charge is 2.29. The number of benzene rings is 3. The molecule has 1 atom stereocenters. The molecule has 168 valence electrons. The number of phenols is 1. The number of hydrogen-bond acceptors (Lipinski definition) is 5. The van der Waals surface area contributed by atoms with Crippen molar-refractivity contribution in [3.63, 3.8) is 0 Å². The predicted octanol–water partition coefficient (Wildman–Crippen LogP) is 6.39. The number of aromatic nitrogens is 2. The Kier molecular flexibility index (Phi) is 4.89. The van der Waals surface area contributed by atoms with Gasteiger partial charge in [0.15, 0.2) is 5.76 Å². The molecule has 0 bridgehead atoms. The van der Waals surface area contributed by atoms with Crippen molar-refractivity contribution in [2.24, 2.45) is 5.10 Å². The maximum atomic E-state index is 10.5. The summed E-state index contributed by atoms with van der Waals surface area (Å²) in [6, 6.07) is 23.2. The maximum Gasteiger partial charge on any atom is 0.156 e. The number of halogens is 1. The molecule has 6 nitrogen and oxygen atoms in total. The second-order valence-electron chi connectivity index (χ2n) is 8.42. The van der Waals surface area contributed by atoms with Crippen molar-refractivity contribution < 1.29 is 9.52 Å². The van der Waals surface area contributed by atoms with Crippen LogP contribution in [0.5, 0.6) is 5.75 Å². The van der Waals surface area contributed by atoms with Gasteiger partial charge in [0.05, 0.1) is 17.4 Å². The van der Waals surface area contributed by atoms with Crippen molar-refractivity contribution in [1.29, 1.82) is 0 Å². The van der Waals surface area contributed by atoms with E-state index in [4.69, 9.17) is 21.1 Å². The Balaban J connectivity index is 1.41. The molecular weight excluding hydrogens is 448 g/mol.